The second-order valence-corrected chi connectivity index (χ2v) is 5.62. The number of rotatable bonds is 3. The van der Waals surface area contributed by atoms with E-state index in [1.54, 1.807) is 9.80 Å². The van der Waals surface area contributed by atoms with E-state index in [-0.39, 0.29) is 55.8 Å². The van der Waals surface area contributed by atoms with Gasteiger partial charge in [-0.3, -0.25) is 38.8 Å². The maximum Gasteiger partial charge on any atom is 0.243 e. The summed E-state index contributed by atoms with van der Waals surface area (Å²) >= 11 is 0. The van der Waals surface area contributed by atoms with Crippen LogP contribution in [0.2, 0.25) is 0 Å². The molecule has 2 aliphatic rings. The van der Waals surface area contributed by atoms with Crippen molar-refractivity contribution in [3.05, 3.63) is 0 Å². The fourth-order valence-electron chi connectivity index (χ4n) is 2.47. The Bertz CT molecular complexity index is 457. The lowest BCUT2D eigenvalue weighted by atomic mass is 10.2. The first-order chi connectivity index (χ1) is 9.79. The number of piperazine rings is 2. The zero-order valence-electron chi connectivity index (χ0n) is 12.5. The minimum Gasteiger partial charge on any atom is -0.284 e. The molecule has 2 rings (SSSR count). The monoisotopic (exact) mass is 296 g/mol. The van der Waals surface area contributed by atoms with E-state index >= 15 is 0 Å². The smallest absolute Gasteiger partial charge is 0.243 e. The van der Waals surface area contributed by atoms with Crippen LogP contribution in [0, 0.1) is 0 Å². The van der Waals surface area contributed by atoms with Crippen LogP contribution in [0.5, 0.6) is 0 Å². The summed E-state index contributed by atoms with van der Waals surface area (Å²) in [7, 11) is 2.95. The number of carbonyl (C=O) groups excluding carboxylic acids is 4. The molecule has 0 saturated carbocycles. The second-order valence-electron chi connectivity index (χ2n) is 5.62. The second kappa shape index (κ2) is 5.90. The van der Waals surface area contributed by atoms with Gasteiger partial charge in [0.05, 0.1) is 26.2 Å². The minimum atomic E-state index is -0.233. The van der Waals surface area contributed by atoms with Crippen molar-refractivity contribution in [2.75, 3.05) is 46.8 Å². The third-order valence-electron chi connectivity index (χ3n) is 4.04. The Hall–Kier alpha value is -1.80. The van der Waals surface area contributed by atoms with Gasteiger partial charge in [0.25, 0.3) is 0 Å². The van der Waals surface area contributed by atoms with E-state index in [1.807, 2.05) is 6.92 Å². The van der Waals surface area contributed by atoms with Crippen LogP contribution < -0.4 is 0 Å². The zero-order chi connectivity index (χ0) is 15.7. The topological polar surface area (TPSA) is 81.2 Å². The minimum absolute atomic E-state index is 0.0874. The summed E-state index contributed by atoms with van der Waals surface area (Å²) in [5, 5.41) is 0. The van der Waals surface area contributed by atoms with Gasteiger partial charge in [0.2, 0.25) is 23.6 Å². The van der Waals surface area contributed by atoms with Crippen LogP contribution in [0.25, 0.3) is 0 Å². The number of nitrogens with zero attached hydrogens (tertiary/aromatic N) is 4. The van der Waals surface area contributed by atoms with Crippen molar-refractivity contribution in [1.29, 1.82) is 0 Å². The van der Waals surface area contributed by atoms with Crippen molar-refractivity contribution in [3.8, 4) is 0 Å². The quantitative estimate of drug-likeness (QED) is 0.559. The first kappa shape index (κ1) is 15.6. The summed E-state index contributed by atoms with van der Waals surface area (Å²) in [5.74, 6) is -0.930. The van der Waals surface area contributed by atoms with Gasteiger partial charge in [-0.05, 0) is 6.92 Å². The van der Waals surface area contributed by atoms with Gasteiger partial charge in [0.1, 0.15) is 0 Å². The van der Waals surface area contributed by atoms with Gasteiger partial charge in [-0.25, -0.2) is 0 Å². The molecule has 0 aromatic carbocycles. The predicted octanol–water partition coefficient (Wildman–Crippen LogP) is -2.02. The molecule has 0 spiro atoms. The molecule has 1 atom stereocenters. The van der Waals surface area contributed by atoms with Crippen LogP contribution in [0.1, 0.15) is 6.92 Å². The van der Waals surface area contributed by atoms with Crippen LogP contribution in [0.3, 0.4) is 0 Å². The van der Waals surface area contributed by atoms with Crippen LogP contribution in [-0.2, 0) is 19.2 Å². The molecular formula is C13H20N4O4. The van der Waals surface area contributed by atoms with E-state index in [4.69, 9.17) is 0 Å². The van der Waals surface area contributed by atoms with Crippen molar-refractivity contribution in [2.24, 2.45) is 0 Å². The lowest BCUT2D eigenvalue weighted by molar-refractivity contribution is -0.153. The lowest BCUT2D eigenvalue weighted by Crippen LogP contribution is -2.59. The summed E-state index contributed by atoms with van der Waals surface area (Å²) in [6.07, 6.45) is 0. The van der Waals surface area contributed by atoms with Crippen molar-refractivity contribution in [3.63, 3.8) is 0 Å². The van der Waals surface area contributed by atoms with Gasteiger partial charge in [0.15, 0.2) is 0 Å². The molecule has 8 heteroatoms. The van der Waals surface area contributed by atoms with Crippen LogP contribution in [0.15, 0.2) is 0 Å². The van der Waals surface area contributed by atoms with Gasteiger partial charge in [-0.15, -0.1) is 0 Å². The van der Waals surface area contributed by atoms with Crippen LogP contribution >= 0.6 is 0 Å². The average Bonchev–Trinajstić information content (AvgIpc) is 2.41. The molecule has 0 aromatic heterocycles. The van der Waals surface area contributed by atoms with Crippen molar-refractivity contribution in [1.82, 2.24) is 19.6 Å². The van der Waals surface area contributed by atoms with E-state index in [1.165, 1.54) is 14.1 Å². The van der Waals surface area contributed by atoms with E-state index < -0.39 is 0 Å². The normalized spacial score (nSPS) is 24.0. The maximum atomic E-state index is 11.7. The van der Waals surface area contributed by atoms with E-state index in [0.29, 0.717) is 6.54 Å². The number of hydrogen-bond donors (Lipinski definition) is 0. The fourth-order valence-corrected chi connectivity index (χ4v) is 2.47. The van der Waals surface area contributed by atoms with Gasteiger partial charge in [-0.1, -0.05) is 0 Å². The molecule has 0 N–H and O–H groups in total. The fraction of sp³-hybridized carbons (Fsp3) is 0.692. The maximum absolute atomic E-state index is 11.7. The summed E-state index contributed by atoms with van der Waals surface area (Å²) in [4.78, 5) is 52.5. The highest BCUT2D eigenvalue weighted by Gasteiger charge is 2.33. The van der Waals surface area contributed by atoms with Gasteiger partial charge in [0, 0.05) is 26.7 Å². The molecular weight excluding hydrogens is 276 g/mol. The summed E-state index contributed by atoms with van der Waals surface area (Å²) in [5.41, 5.74) is 0. The Labute approximate surface area is 123 Å². The molecule has 116 valence electrons. The predicted molar refractivity (Wildman–Crippen MR) is 73.0 cm³/mol. The number of carbonyl (C=O) groups is 4. The molecule has 4 amide bonds. The van der Waals surface area contributed by atoms with E-state index in [0.717, 1.165) is 9.80 Å². The van der Waals surface area contributed by atoms with Crippen LogP contribution in [-0.4, -0.2) is 96.1 Å². The summed E-state index contributed by atoms with van der Waals surface area (Å²) in [6, 6.07) is -0.0874. The highest BCUT2D eigenvalue weighted by Crippen LogP contribution is 2.10. The Kier molecular flexibility index (Phi) is 4.38. The molecule has 2 fully saturated rings. The average molecular weight is 296 g/mol. The molecule has 2 heterocycles. The Balaban J connectivity index is 1.94. The largest absolute Gasteiger partial charge is 0.284 e. The highest BCUT2D eigenvalue weighted by atomic mass is 16.2. The third-order valence-corrected chi connectivity index (χ3v) is 4.04. The van der Waals surface area contributed by atoms with Crippen LogP contribution in [0.4, 0.5) is 0 Å². The van der Waals surface area contributed by atoms with Gasteiger partial charge >= 0.3 is 0 Å². The van der Waals surface area contributed by atoms with E-state index in [2.05, 4.69) is 0 Å². The number of amides is 4. The molecule has 2 aliphatic heterocycles. The number of hydrogen-bond acceptors (Lipinski definition) is 6. The SMILES string of the molecule is C[C@@H](CN1CC(=O)N(C)C(=O)C1)N1CC(=O)N(C)C(=O)C1. The van der Waals surface area contributed by atoms with Crippen molar-refractivity contribution >= 4 is 23.6 Å². The number of imide groups is 2. The molecule has 0 radical (unpaired) electrons. The Morgan fingerprint density at radius 2 is 1.19 bits per heavy atom. The molecule has 0 unspecified atom stereocenters. The highest BCUT2D eigenvalue weighted by molar-refractivity contribution is 5.99. The van der Waals surface area contributed by atoms with Crippen molar-refractivity contribution in [2.45, 2.75) is 13.0 Å². The zero-order valence-corrected chi connectivity index (χ0v) is 12.5. The Morgan fingerprint density at radius 3 is 1.62 bits per heavy atom. The summed E-state index contributed by atoms with van der Waals surface area (Å²) in [6.45, 7) is 3.08. The van der Waals surface area contributed by atoms with Gasteiger partial charge < -0.3 is 0 Å². The first-order valence-electron chi connectivity index (χ1n) is 6.84. The number of likely N-dealkylation sites (N-methyl/N-ethyl adjacent to an activating group) is 2. The molecule has 8 nitrogen and oxygen atoms in total. The van der Waals surface area contributed by atoms with Gasteiger partial charge in [-0.2, -0.15) is 0 Å². The molecule has 0 aliphatic carbocycles. The van der Waals surface area contributed by atoms with E-state index in [9.17, 15) is 19.2 Å². The molecule has 0 aromatic rings. The molecule has 0 bridgehead atoms. The third kappa shape index (κ3) is 3.27. The standard InChI is InChI=1S/C13H20N4O4/c1-9(17-7-12(20)15(3)13(21)8-17)4-16-5-10(18)14(2)11(19)6-16/h9H,4-8H2,1-3H3/t9-/m0/s1. The summed E-state index contributed by atoms with van der Waals surface area (Å²) < 4.78 is 0. The molecule has 2 saturated heterocycles. The molecule has 21 heavy (non-hydrogen) atoms. The first-order valence-corrected chi connectivity index (χ1v) is 6.84. The van der Waals surface area contributed by atoms with Crippen molar-refractivity contribution < 1.29 is 19.2 Å². The lowest BCUT2D eigenvalue weighted by Gasteiger charge is -2.38. The Morgan fingerprint density at radius 1 is 0.810 bits per heavy atom.